The molecule has 0 rings (SSSR count). The predicted molar refractivity (Wildman–Crippen MR) is 29.9 cm³/mol. The van der Waals surface area contributed by atoms with Gasteiger partial charge in [-0.15, -0.1) is 0 Å². The van der Waals surface area contributed by atoms with E-state index in [9.17, 15) is 0 Å². The molecule has 0 bridgehead atoms. The van der Waals surface area contributed by atoms with Crippen LogP contribution in [0.4, 0.5) is 0 Å². The molecule has 4 nitrogen and oxygen atoms in total. The van der Waals surface area contributed by atoms with Crippen molar-refractivity contribution in [2.24, 2.45) is 5.84 Å². The number of hydrogen-bond donors (Lipinski definition) is 4. The summed E-state index contributed by atoms with van der Waals surface area (Å²) in [6, 6.07) is 0. The predicted octanol–water partition coefficient (Wildman–Crippen LogP) is -1.81. The normalized spacial score (nSPS) is 13.9. The Morgan fingerprint density at radius 3 is 2.62 bits per heavy atom. The van der Waals surface area contributed by atoms with Crippen LogP contribution >= 0.6 is 0 Å². The summed E-state index contributed by atoms with van der Waals surface area (Å²) < 4.78 is 0. The van der Waals surface area contributed by atoms with Crippen molar-refractivity contribution in [1.82, 2.24) is 5.43 Å². The summed E-state index contributed by atoms with van der Waals surface area (Å²) in [6.45, 7) is 0.337. The van der Waals surface area contributed by atoms with Gasteiger partial charge in [-0.05, 0) is 6.42 Å². The molecule has 0 heterocycles. The highest BCUT2D eigenvalue weighted by Gasteiger charge is 1.97. The minimum atomic E-state index is -0.633. The molecule has 0 saturated heterocycles. The third-order valence-electron chi connectivity index (χ3n) is 0.833. The van der Waals surface area contributed by atoms with Crippen LogP contribution in [-0.2, 0) is 0 Å². The monoisotopic (exact) mass is 120 g/mol. The summed E-state index contributed by atoms with van der Waals surface area (Å²) in [4.78, 5) is 0. The van der Waals surface area contributed by atoms with Gasteiger partial charge in [-0.25, -0.2) is 0 Å². The molecule has 1 unspecified atom stereocenters. The second-order valence-electron chi connectivity index (χ2n) is 1.58. The Bertz CT molecular complexity index is 51.3. The van der Waals surface area contributed by atoms with Crippen LogP contribution in [0.2, 0.25) is 0 Å². The van der Waals surface area contributed by atoms with E-state index >= 15 is 0 Å². The molecule has 0 saturated carbocycles. The third-order valence-corrected chi connectivity index (χ3v) is 0.833. The van der Waals surface area contributed by atoms with Crippen molar-refractivity contribution in [2.75, 3.05) is 13.2 Å². The Morgan fingerprint density at radius 2 is 2.25 bits per heavy atom. The van der Waals surface area contributed by atoms with Gasteiger partial charge < -0.3 is 10.2 Å². The minimum absolute atomic E-state index is 0.193. The van der Waals surface area contributed by atoms with Gasteiger partial charge in [-0.1, -0.05) is 0 Å². The third kappa shape index (κ3) is 4.01. The van der Waals surface area contributed by atoms with Gasteiger partial charge in [0.15, 0.2) is 0 Å². The van der Waals surface area contributed by atoms with Crippen LogP contribution in [0.3, 0.4) is 0 Å². The first-order valence-corrected chi connectivity index (χ1v) is 2.53. The molecule has 0 aliphatic carbocycles. The van der Waals surface area contributed by atoms with Gasteiger partial charge >= 0.3 is 0 Å². The second-order valence-corrected chi connectivity index (χ2v) is 1.58. The Kier molecular flexibility index (Phi) is 4.89. The maximum Gasteiger partial charge on any atom is 0.0783 e. The summed E-state index contributed by atoms with van der Waals surface area (Å²) in [6.07, 6.45) is -0.140. The van der Waals surface area contributed by atoms with E-state index in [4.69, 9.17) is 16.1 Å². The van der Waals surface area contributed by atoms with E-state index in [1.54, 1.807) is 0 Å². The highest BCUT2D eigenvalue weighted by molar-refractivity contribution is 4.51. The van der Waals surface area contributed by atoms with Gasteiger partial charge in [0, 0.05) is 6.54 Å². The molecule has 4 heteroatoms. The van der Waals surface area contributed by atoms with Crippen LogP contribution in [0.25, 0.3) is 0 Å². The van der Waals surface area contributed by atoms with Crippen molar-refractivity contribution >= 4 is 0 Å². The summed E-state index contributed by atoms with van der Waals surface area (Å²) in [5, 5.41) is 16.9. The average Bonchev–Trinajstić information content (AvgIpc) is 1.83. The van der Waals surface area contributed by atoms with Crippen molar-refractivity contribution in [3.8, 4) is 0 Å². The first-order chi connectivity index (χ1) is 3.81. The lowest BCUT2D eigenvalue weighted by Gasteiger charge is -2.03. The highest BCUT2D eigenvalue weighted by Crippen LogP contribution is 1.84. The van der Waals surface area contributed by atoms with Crippen molar-refractivity contribution in [1.29, 1.82) is 0 Å². The molecule has 0 aliphatic rings. The van der Waals surface area contributed by atoms with Gasteiger partial charge in [0.05, 0.1) is 12.7 Å². The van der Waals surface area contributed by atoms with E-state index < -0.39 is 6.10 Å². The topological polar surface area (TPSA) is 78.5 Å². The zero-order valence-corrected chi connectivity index (χ0v) is 4.67. The zero-order chi connectivity index (χ0) is 6.41. The quantitative estimate of drug-likeness (QED) is 0.260. The number of rotatable bonds is 4. The standard InChI is InChI=1S/C4H12N2O2/c5-6-2-1-4(8)3-7/h4,6-8H,1-3,5H2. The van der Waals surface area contributed by atoms with E-state index in [1.807, 2.05) is 0 Å². The maximum absolute atomic E-state index is 8.64. The summed E-state index contributed by atoms with van der Waals surface area (Å²) >= 11 is 0. The molecule has 0 aromatic rings. The maximum atomic E-state index is 8.64. The Labute approximate surface area is 48.3 Å². The van der Waals surface area contributed by atoms with Crippen molar-refractivity contribution in [3.05, 3.63) is 0 Å². The number of aliphatic hydroxyl groups is 2. The molecule has 8 heavy (non-hydrogen) atoms. The van der Waals surface area contributed by atoms with Crippen molar-refractivity contribution < 1.29 is 10.2 Å². The molecular weight excluding hydrogens is 108 g/mol. The number of hydrogen-bond acceptors (Lipinski definition) is 4. The number of aliphatic hydroxyl groups excluding tert-OH is 2. The van der Waals surface area contributed by atoms with Crippen LogP contribution < -0.4 is 11.3 Å². The van der Waals surface area contributed by atoms with Gasteiger partial charge in [0.1, 0.15) is 0 Å². The Morgan fingerprint density at radius 1 is 1.62 bits per heavy atom. The fraction of sp³-hybridized carbons (Fsp3) is 1.00. The Hall–Kier alpha value is -0.160. The Balaban J connectivity index is 2.86. The molecule has 5 N–H and O–H groups in total. The first kappa shape index (κ1) is 7.84. The van der Waals surface area contributed by atoms with E-state index in [1.165, 1.54) is 0 Å². The molecule has 50 valence electrons. The van der Waals surface area contributed by atoms with Crippen LogP contribution in [0.1, 0.15) is 6.42 Å². The number of nitrogens with one attached hydrogen (secondary N) is 1. The van der Waals surface area contributed by atoms with Gasteiger partial charge in [0.25, 0.3) is 0 Å². The van der Waals surface area contributed by atoms with Gasteiger partial charge in [-0.2, -0.15) is 0 Å². The summed E-state index contributed by atoms with van der Waals surface area (Å²) in [5.74, 6) is 4.89. The highest BCUT2D eigenvalue weighted by atomic mass is 16.3. The van der Waals surface area contributed by atoms with Crippen molar-refractivity contribution in [2.45, 2.75) is 12.5 Å². The molecule has 1 atom stereocenters. The number of nitrogens with two attached hydrogens (primary N) is 1. The van der Waals surface area contributed by atoms with E-state index in [-0.39, 0.29) is 6.61 Å². The van der Waals surface area contributed by atoms with Crippen molar-refractivity contribution in [3.63, 3.8) is 0 Å². The largest absolute Gasteiger partial charge is 0.394 e. The molecule has 0 radical (unpaired) electrons. The minimum Gasteiger partial charge on any atom is -0.394 e. The van der Waals surface area contributed by atoms with E-state index in [0.717, 1.165) is 0 Å². The number of hydrazine groups is 1. The van der Waals surface area contributed by atoms with Crippen LogP contribution in [0, 0.1) is 0 Å². The lowest BCUT2D eigenvalue weighted by atomic mass is 10.3. The van der Waals surface area contributed by atoms with Gasteiger partial charge in [-0.3, -0.25) is 11.3 Å². The van der Waals surface area contributed by atoms with Crippen LogP contribution in [0.15, 0.2) is 0 Å². The molecule has 0 fully saturated rings. The van der Waals surface area contributed by atoms with E-state index in [0.29, 0.717) is 13.0 Å². The second kappa shape index (κ2) is 4.99. The summed E-state index contributed by atoms with van der Waals surface area (Å²) in [5.41, 5.74) is 2.36. The fourth-order valence-electron chi connectivity index (χ4n) is 0.341. The lowest BCUT2D eigenvalue weighted by molar-refractivity contribution is 0.0884. The first-order valence-electron chi connectivity index (χ1n) is 2.53. The SMILES string of the molecule is NNCCC(O)CO. The molecule has 0 aromatic carbocycles. The molecular formula is C4H12N2O2. The lowest BCUT2D eigenvalue weighted by Crippen LogP contribution is -2.27. The smallest absolute Gasteiger partial charge is 0.0783 e. The molecule has 0 aliphatic heterocycles. The zero-order valence-electron chi connectivity index (χ0n) is 4.67. The molecule has 0 spiro atoms. The average molecular weight is 120 g/mol. The molecule has 0 aromatic heterocycles. The van der Waals surface area contributed by atoms with Crippen LogP contribution in [0.5, 0.6) is 0 Å². The summed E-state index contributed by atoms with van der Waals surface area (Å²) in [7, 11) is 0. The van der Waals surface area contributed by atoms with Crippen LogP contribution in [-0.4, -0.2) is 29.5 Å². The fourth-order valence-corrected chi connectivity index (χ4v) is 0.341. The van der Waals surface area contributed by atoms with E-state index in [2.05, 4.69) is 5.43 Å². The van der Waals surface area contributed by atoms with Gasteiger partial charge in [0.2, 0.25) is 0 Å². The molecule has 0 amide bonds.